The number of aromatic nitrogens is 2. The zero-order valence-electron chi connectivity index (χ0n) is 14.3. The minimum Gasteiger partial charge on any atom is -0.478 e. The summed E-state index contributed by atoms with van der Waals surface area (Å²) in [6.07, 6.45) is -3.19. The van der Waals surface area contributed by atoms with Crippen LogP contribution in [0, 0.1) is 11.3 Å². The third-order valence-electron chi connectivity index (χ3n) is 5.09. The molecular weight excluding hydrogens is 341 g/mol. The van der Waals surface area contributed by atoms with E-state index in [-0.39, 0.29) is 31.3 Å². The molecule has 1 aromatic rings. The number of alkyl halides is 3. The molecule has 25 heavy (non-hydrogen) atoms. The number of halogens is 3. The number of nitrogens with zero attached hydrogens (tertiary/aromatic N) is 2. The molecule has 3 atom stereocenters. The molecule has 0 aliphatic heterocycles. The first kappa shape index (κ1) is 19.3. The Morgan fingerprint density at radius 2 is 2.12 bits per heavy atom. The number of esters is 1. The Morgan fingerprint density at radius 1 is 1.48 bits per heavy atom. The minimum atomic E-state index is -4.82. The molecule has 140 valence electrons. The number of carbonyl (C=O) groups excluding carboxylic acids is 1. The Balaban J connectivity index is 2.32. The lowest BCUT2D eigenvalue weighted by Crippen LogP contribution is -2.41. The first-order valence-electron chi connectivity index (χ1n) is 8.07. The molecule has 2 rings (SSSR count). The number of carboxylic acid groups (broad SMARTS) is 1. The smallest absolute Gasteiger partial charge is 0.433 e. The number of carbonyl (C=O) groups is 2. The van der Waals surface area contributed by atoms with E-state index in [1.807, 2.05) is 0 Å². The minimum absolute atomic E-state index is 0.233. The Morgan fingerprint density at radius 3 is 2.60 bits per heavy atom. The lowest BCUT2D eigenvalue weighted by Gasteiger charge is -2.41. The second-order valence-corrected chi connectivity index (χ2v) is 6.62. The van der Waals surface area contributed by atoms with Crippen molar-refractivity contribution in [2.45, 2.75) is 52.3 Å². The van der Waals surface area contributed by atoms with E-state index in [0.29, 0.717) is 6.42 Å². The zero-order valence-corrected chi connectivity index (χ0v) is 14.3. The van der Waals surface area contributed by atoms with Gasteiger partial charge in [-0.1, -0.05) is 6.92 Å². The van der Waals surface area contributed by atoms with Gasteiger partial charge in [0.25, 0.3) is 0 Å². The second kappa shape index (κ2) is 6.68. The molecule has 0 aromatic carbocycles. The molecule has 0 bridgehead atoms. The Hall–Kier alpha value is -2.06. The molecular formula is C16H21F3N2O4. The third kappa shape index (κ3) is 3.50. The SMILES string of the molecule is CCOC(=O)[C@]1(C)CC[C@@H](n2ncc(C(=O)O)c2C(F)(F)F)C[C@H]1C. The van der Waals surface area contributed by atoms with E-state index in [2.05, 4.69) is 5.10 Å². The average molecular weight is 362 g/mol. The van der Waals surface area contributed by atoms with E-state index in [9.17, 15) is 22.8 Å². The van der Waals surface area contributed by atoms with Crippen molar-refractivity contribution in [3.63, 3.8) is 0 Å². The fraction of sp³-hybridized carbons (Fsp3) is 0.688. The van der Waals surface area contributed by atoms with Gasteiger partial charge in [0, 0.05) is 0 Å². The van der Waals surface area contributed by atoms with E-state index in [0.717, 1.165) is 10.9 Å². The number of hydrogen-bond acceptors (Lipinski definition) is 4. The fourth-order valence-corrected chi connectivity index (χ4v) is 3.40. The van der Waals surface area contributed by atoms with E-state index < -0.39 is 34.9 Å². The number of rotatable bonds is 4. The second-order valence-electron chi connectivity index (χ2n) is 6.62. The highest BCUT2D eigenvalue weighted by atomic mass is 19.4. The van der Waals surface area contributed by atoms with Crippen molar-refractivity contribution in [1.29, 1.82) is 0 Å². The Kier molecular flexibility index (Phi) is 5.15. The Labute approximate surface area is 143 Å². The van der Waals surface area contributed by atoms with E-state index in [4.69, 9.17) is 9.84 Å². The number of carboxylic acids is 1. The normalized spacial score (nSPS) is 27.1. The number of hydrogen-bond donors (Lipinski definition) is 1. The van der Waals surface area contributed by atoms with Crippen LogP contribution < -0.4 is 0 Å². The zero-order chi connectivity index (χ0) is 19.0. The summed E-state index contributed by atoms with van der Waals surface area (Å²) in [5, 5.41) is 12.7. The van der Waals surface area contributed by atoms with Crippen molar-refractivity contribution in [2.75, 3.05) is 6.61 Å². The van der Waals surface area contributed by atoms with Crippen molar-refractivity contribution < 1.29 is 32.6 Å². The van der Waals surface area contributed by atoms with Crippen molar-refractivity contribution in [3.8, 4) is 0 Å². The van der Waals surface area contributed by atoms with Gasteiger partial charge in [-0.25, -0.2) is 4.79 Å². The third-order valence-corrected chi connectivity index (χ3v) is 5.09. The molecule has 1 fully saturated rings. The molecule has 0 amide bonds. The van der Waals surface area contributed by atoms with Gasteiger partial charge in [0.2, 0.25) is 0 Å². The van der Waals surface area contributed by atoms with Crippen LogP contribution in [0.15, 0.2) is 6.20 Å². The highest BCUT2D eigenvalue weighted by Crippen LogP contribution is 2.47. The summed E-state index contributed by atoms with van der Waals surface area (Å²) in [6, 6.07) is -0.623. The van der Waals surface area contributed by atoms with Crippen LogP contribution in [0.4, 0.5) is 13.2 Å². The van der Waals surface area contributed by atoms with Gasteiger partial charge >= 0.3 is 18.1 Å². The highest BCUT2D eigenvalue weighted by molar-refractivity contribution is 5.88. The van der Waals surface area contributed by atoms with Crippen molar-refractivity contribution >= 4 is 11.9 Å². The van der Waals surface area contributed by atoms with Crippen LogP contribution in [0.25, 0.3) is 0 Å². The van der Waals surface area contributed by atoms with Gasteiger partial charge in [0.15, 0.2) is 5.69 Å². The summed E-state index contributed by atoms with van der Waals surface area (Å²) in [7, 11) is 0. The standard InChI is InChI=1S/C16H21F3N2O4/c1-4-25-14(24)15(3)6-5-10(7-9(15)2)21-12(16(17,18)19)11(8-20-21)13(22)23/h8-10H,4-7H2,1-3H3,(H,22,23)/t9-,10-,15-/m1/s1. The highest BCUT2D eigenvalue weighted by Gasteiger charge is 2.47. The number of ether oxygens (including phenoxy) is 1. The molecule has 0 saturated heterocycles. The Bertz CT molecular complexity index is 671. The van der Waals surface area contributed by atoms with Crippen LogP contribution in [0.2, 0.25) is 0 Å². The van der Waals surface area contributed by atoms with Crippen LogP contribution in [0.1, 0.15) is 62.1 Å². The topological polar surface area (TPSA) is 81.4 Å². The van der Waals surface area contributed by atoms with Crippen LogP contribution in [-0.2, 0) is 15.7 Å². The van der Waals surface area contributed by atoms with Gasteiger partial charge in [-0.05, 0) is 39.0 Å². The summed E-state index contributed by atoms with van der Waals surface area (Å²) in [6.45, 7) is 5.48. The molecule has 0 radical (unpaired) electrons. The maximum Gasteiger partial charge on any atom is 0.433 e. The fourth-order valence-electron chi connectivity index (χ4n) is 3.40. The summed E-state index contributed by atoms with van der Waals surface area (Å²) in [4.78, 5) is 23.3. The summed E-state index contributed by atoms with van der Waals surface area (Å²) in [5.41, 5.74) is -2.89. The first-order chi connectivity index (χ1) is 11.5. The van der Waals surface area contributed by atoms with Gasteiger partial charge in [0.1, 0.15) is 5.56 Å². The summed E-state index contributed by atoms with van der Waals surface area (Å²) in [5.74, 6) is -2.26. The maximum atomic E-state index is 13.3. The van der Waals surface area contributed by atoms with Gasteiger partial charge < -0.3 is 9.84 Å². The van der Waals surface area contributed by atoms with Crippen molar-refractivity contribution in [1.82, 2.24) is 9.78 Å². The molecule has 1 saturated carbocycles. The molecule has 1 aliphatic carbocycles. The van der Waals surface area contributed by atoms with Crippen molar-refractivity contribution in [3.05, 3.63) is 17.5 Å². The predicted molar refractivity (Wildman–Crippen MR) is 81.0 cm³/mol. The average Bonchev–Trinajstić information content (AvgIpc) is 2.95. The molecule has 6 nitrogen and oxygen atoms in total. The number of aromatic carboxylic acids is 1. The monoisotopic (exact) mass is 362 g/mol. The molecule has 0 spiro atoms. The van der Waals surface area contributed by atoms with Gasteiger partial charge in [-0.2, -0.15) is 18.3 Å². The molecule has 9 heteroatoms. The molecule has 1 N–H and O–H groups in total. The molecule has 1 aromatic heterocycles. The summed E-state index contributed by atoms with van der Waals surface area (Å²) < 4.78 is 45.9. The van der Waals surface area contributed by atoms with Gasteiger partial charge in [0.05, 0.1) is 24.3 Å². The maximum absolute atomic E-state index is 13.3. The van der Waals surface area contributed by atoms with E-state index in [1.54, 1.807) is 20.8 Å². The van der Waals surface area contributed by atoms with E-state index >= 15 is 0 Å². The summed E-state index contributed by atoms with van der Waals surface area (Å²) >= 11 is 0. The van der Waals surface area contributed by atoms with Gasteiger partial charge in [-0.3, -0.25) is 9.48 Å². The van der Waals surface area contributed by atoms with Crippen LogP contribution >= 0.6 is 0 Å². The van der Waals surface area contributed by atoms with Crippen LogP contribution in [0.5, 0.6) is 0 Å². The molecule has 1 heterocycles. The van der Waals surface area contributed by atoms with Gasteiger partial charge in [-0.15, -0.1) is 0 Å². The molecule has 0 unspecified atom stereocenters. The van der Waals surface area contributed by atoms with Crippen LogP contribution in [-0.4, -0.2) is 33.4 Å². The largest absolute Gasteiger partial charge is 0.478 e. The lowest BCUT2D eigenvalue weighted by atomic mass is 9.67. The van der Waals surface area contributed by atoms with Crippen LogP contribution in [0.3, 0.4) is 0 Å². The lowest BCUT2D eigenvalue weighted by molar-refractivity contribution is -0.161. The van der Waals surface area contributed by atoms with Crippen molar-refractivity contribution in [2.24, 2.45) is 11.3 Å². The first-order valence-corrected chi connectivity index (χ1v) is 8.07. The van der Waals surface area contributed by atoms with E-state index in [1.165, 1.54) is 0 Å². The predicted octanol–water partition coefficient (Wildman–Crippen LogP) is 3.53. The quantitative estimate of drug-likeness (QED) is 0.829. The molecule has 1 aliphatic rings.